The van der Waals surface area contributed by atoms with Crippen LogP contribution in [0.25, 0.3) is 10.8 Å². The van der Waals surface area contributed by atoms with E-state index < -0.39 is 10.0 Å². The third-order valence-electron chi connectivity index (χ3n) is 5.58. The lowest BCUT2D eigenvalue weighted by Crippen LogP contribution is -2.41. The molecule has 0 unspecified atom stereocenters. The van der Waals surface area contributed by atoms with Gasteiger partial charge in [0, 0.05) is 6.54 Å². The van der Waals surface area contributed by atoms with Gasteiger partial charge in [-0.3, -0.25) is 9.10 Å². The van der Waals surface area contributed by atoms with Crippen LogP contribution in [0.15, 0.2) is 95.9 Å². The van der Waals surface area contributed by atoms with Crippen LogP contribution in [-0.4, -0.2) is 20.9 Å². The smallest absolute Gasteiger partial charge is 0.264 e. The van der Waals surface area contributed by atoms with Gasteiger partial charge in [0.1, 0.15) is 6.54 Å². The number of amides is 1. The average molecular weight is 459 g/mol. The molecule has 33 heavy (non-hydrogen) atoms. The van der Waals surface area contributed by atoms with Crippen molar-refractivity contribution in [2.75, 3.05) is 10.8 Å². The molecular weight excluding hydrogens is 432 g/mol. The van der Waals surface area contributed by atoms with E-state index in [2.05, 4.69) is 5.32 Å². The SMILES string of the molecule is Cc1ccc(S(=O)(=O)N(CC(=O)NCc2ccc3ccccc3c2)c2ccccc2C)cc1. The summed E-state index contributed by atoms with van der Waals surface area (Å²) >= 11 is 0. The third-order valence-corrected chi connectivity index (χ3v) is 7.36. The highest BCUT2D eigenvalue weighted by atomic mass is 32.2. The molecule has 1 N–H and O–H groups in total. The van der Waals surface area contributed by atoms with Crippen LogP contribution in [0.4, 0.5) is 5.69 Å². The minimum atomic E-state index is -3.93. The Labute approximate surface area is 194 Å². The molecule has 0 aliphatic heterocycles. The van der Waals surface area contributed by atoms with Gasteiger partial charge < -0.3 is 5.32 Å². The number of para-hydroxylation sites is 1. The van der Waals surface area contributed by atoms with E-state index in [0.717, 1.165) is 27.5 Å². The Kier molecular flexibility index (Phi) is 6.47. The summed E-state index contributed by atoms with van der Waals surface area (Å²) in [5.74, 6) is -0.373. The summed E-state index contributed by atoms with van der Waals surface area (Å²) in [7, 11) is -3.93. The van der Waals surface area contributed by atoms with Crippen LogP contribution in [0.3, 0.4) is 0 Å². The van der Waals surface area contributed by atoms with E-state index in [1.165, 1.54) is 4.31 Å². The van der Waals surface area contributed by atoms with Gasteiger partial charge in [0.2, 0.25) is 5.91 Å². The summed E-state index contributed by atoms with van der Waals surface area (Å²) in [6, 6.07) is 27.8. The Morgan fingerprint density at radius 2 is 1.48 bits per heavy atom. The quantitative estimate of drug-likeness (QED) is 0.425. The highest BCUT2D eigenvalue weighted by Gasteiger charge is 2.28. The zero-order valence-electron chi connectivity index (χ0n) is 18.7. The van der Waals surface area contributed by atoms with Gasteiger partial charge in [0.25, 0.3) is 10.0 Å². The molecule has 6 heteroatoms. The van der Waals surface area contributed by atoms with Crippen molar-refractivity contribution in [2.45, 2.75) is 25.3 Å². The second kappa shape index (κ2) is 9.46. The monoisotopic (exact) mass is 458 g/mol. The van der Waals surface area contributed by atoms with Crippen molar-refractivity contribution in [2.24, 2.45) is 0 Å². The van der Waals surface area contributed by atoms with Crippen LogP contribution < -0.4 is 9.62 Å². The van der Waals surface area contributed by atoms with E-state index in [4.69, 9.17) is 0 Å². The van der Waals surface area contributed by atoms with E-state index in [1.54, 1.807) is 36.4 Å². The number of carbonyl (C=O) groups is 1. The predicted molar refractivity (Wildman–Crippen MR) is 133 cm³/mol. The third kappa shape index (κ3) is 5.07. The lowest BCUT2D eigenvalue weighted by Gasteiger charge is -2.25. The van der Waals surface area contributed by atoms with Crippen molar-refractivity contribution in [3.8, 4) is 0 Å². The number of sulfonamides is 1. The molecule has 0 bridgehead atoms. The second-order valence-corrected chi connectivity index (χ2v) is 9.93. The van der Waals surface area contributed by atoms with E-state index >= 15 is 0 Å². The zero-order chi connectivity index (χ0) is 23.4. The van der Waals surface area contributed by atoms with Gasteiger partial charge >= 0.3 is 0 Å². The average Bonchev–Trinajstić information content (AvgIpc) is 2.82. The first-order valence-electron chi connectivity index (χ1n) is 10.7. The molecule has 0 aliphatic carbocycles. The van der Waals surface area contributed by atoms with Crippen LogP contribution in [0.5, 0.6) is 0 Å². The number of aryl methyl sites for hydroxylation is 2. The molecule has 168 valence electrons. The predicted octanol–water partition coefficient (Wildman–Crippen LogP) is 4.97. The lowest BCUT2D eigenvalue weighted by molar-refractivity contribution is -0.119. The van der Waals surface area contributed by atoms with Gasteiger partial charge in [-0.2, -0.15) is 0 Å². The maximum atomic E-state index is 13.5. The topological polar surface area (TPSA) is 66.5 Å². The largest absolute Gasteiger partial charge is 0.350 e. The summed E-state index contributed by atoms with van der Waals surface area (Å²) in [4.78, 5) is 13.0. The molecule has 0 spiro atoms. The Hall–Kier alpha value is -3.64. The molecule has 0 radical (unpaired) electrons. The fraction of sp³-hybridized carbons (Fsp3) is 0.148. The van der Waals surface area contributed by atoms with Crippen molar-refractivity contribution in [1.82, 2.24) is 5.32 Å². The number of nitrogens with zero attached hydrogens (tertiary/aromatic N) is 1. The normalized spacial score (nSPS) is 11.3. The van der Waals surface area contributed by atoms with Gasteiger partial charge in [0.15, 0.2) is 0 Å². The Balaban J connectivity index is 1.57. The summed E-state index contributed by atoms with van der Waals surface area (Å²) < 4.78 is 28.2. The first-order valence-corrected chi connectivity index (χ1v) is 12.2. The molecule has 0 saturated carbocycles. The number of rotatable bonds is 7. The first kappa shape index (κ1) is 22.6. The van der Waals surface area contributed by atoms with Crippen molar-refractivity contribution in [1.29, 1.82) is 0 Å². The summed E-state index contributed by atoms with van der Waals surface area (Å²) in [5.41, 5.74) is 3.17. The summed E-state index contributed by atoms with van der Waals surface area (Å²) in [6.45, 7) is 3.74. The molecule has 4 rings (SSSR count). The fourth-order valence-electron chi connectivity index (χ4n) is 3.72. The molecule has 0 atom stereocenters. The Bertz CT molecular complexity index is 1400. The molecule has 4 aromatic carbocycles. The first-order chi connectivity index (χ1) is 15.8. The highest BCUT2D eigenvalue weighted by Crippen LogP contribution is 2.26. The number of hydrogen-bond acceptors (Lipinski definition) is 3. The highest BCUT2D eigenvalue weighted by molar-refractivity contribution is 7.92. The standard InChI is InChI=1S/C27H26N2O3S/c1-20-11-15-25(16-12-20)33(31,32)29(26-10-6-3-7-21(26)2)19-27(30)28-18-22-13-14-23-8-4-5-9-24(23)17-22/h3-17H,18-19H2,1-2H3,(H,28,30). The molecule has 0 saturated heterocycles. The number of fused-ring (bicyclic) bond motifs is 1. The Morgan fingerprint density at radius 3 is 2.21 bits per heavy atom. The van der Waals surface area contributed by atoms with E-state index in [1.807, 2.05) is 68.4 Å². The maximum absolute atomic E-state index is 13.5. The van der Waals surface area contributed by atoms with E-state index in [0.29, 0.717) is 12.2 Å². The van der Waals surface area contributed by atoms with E-state index in [-0.39, 0.29) is 17.3 Å². The van der Waals surface area contributed by atoms with Crippen LogP contribution in [0.1, 0.15) is 16.7 Å². The van der Waals surface area contributed by atoms with Crippen LogP contribution in [-0.2, 0) is 21.4 Å². The van der Waals surface area contributed by atoms with Gasteiger partial charge in [0.05, 0.1) is 10.6 Å². The fourth-order valence-corrected chi connectivity index (χ4v) is 5.20. The van der Waals surface area contributed by atoms with E-state index in [9.17, 15) is 13.2 Å². The second-order valence-electron chi connectivity index (χ2n) is 8.07. The van der Waals surface area contributed by atoms with Crippen LogP contribution in [0, 0.1) is 13.8 Å². The molecule has 0 aromatic heterocycles. The van der Waals surface area contributed by atoms with Crippen molar-refractivity contribution in [3.63, 3.8) is 0 Å². The molecule has 4 aromatic rings. The van der Waals surface area contributed by atoms with Gasteiger partial charge in [-0.05, 0) is 60.0 Å². The molecule has 1 amide bonds. The summed E-state index contributed by atoms with van der Waals surface area (Å²) in [5, 5.41) is 5.09. The van der Waals surface area contributed by atoms with Crippen LogP contribution in [0.2, 0.25) is 0 Å². The van der Waals surface area contributed by atoms with Crippen molar-refractivity contribution in [3.05, 3.63) is 108 Å². The Morgan fingerprint density at radius 1 is 0.818 bits per heavy atom. The zero-order valence-corrected chi connectivity index (χ0v) is 19.5. The maximum Gasteiger partial charge on any atom is 0.264 e. The number of hydrogen-bond donors (Lipinski definition) is 1. The summed E-state index contributed by atoms with van der Waals surface area (Å²) in [6.07, 6.45) is 0. The number of anilines is 1. The lowest BCUT2D eigenvalue weighted by atomic mass is 10.1. The van der Waals surface area contributed by atoms with Gasteiger partial charge in [-0.15, -0.1) is 0 Å². The molecule has 0 fully saturated rings. The molecule has 5 nitrogen and oxygen atoms in total. The van der Waals surface area contributed by atoms with Gasteiger partial charge in [-0.25, -0.2) is 8.42 Å². The minimum Gasteiger partial charge on any atom is -0.350 e. The minimum absolute atomic E-state index is 0.152. The number of nitrogens with one attached hydrogen (secondary N) is 1. The van der Waals surface area contributed by atoms with Crippen LogP contribution >= 0.6 is 0 Å². The van der Waals surface area contributed by atoms with Crippen molar-refractivity contribution < 1.29 is 13.2 Å². The molecule has 0 heterocycles. The molecular formula is C27H26N2O3S. The number of benzene rings is 4. The molecule has 0 aliphatic rings. The van der Waals surface area contributed by atoms with Gasteiger partial charge in [-0.1, -0.05) is 72.3 Å². The number of carbonyl (C=O) groups excluding carboxylic acids is 1. The van der Waals surface area contributed by atoms with Crippen molar-refractivity contribution >= 4 is 32.4 Å².